The average molecular weight is 541 g/mol. The monoisotopic (exact) mass is 541 g/mol. The summed E-state index contributed by atoms with van der Waals surface area (Å²) in [5.74, 6) is -2.29. The van der Waals surface area contributed by atoms with Crippen molar-refractivity contribution in [3.63, 3.8) is 0 Å². The lowest BCUT2D eigenvalue weighted by Crippen LogP contribution is -2.02. The van der Waals surface area contributed by atoms with Gasteiger partial charge in [-0.25, -0.2) is 13.6 Å². The minimum absolute atomic E-state index is 0.111. The first-order valence-corrected chi connectivity index (χ1v) is 8.39. The summed E-state index contributed by atoms with van der Waals surface area (Å²) in [4.78, 5) is 10.4. The summed E-state index contributed by atoms with van der Waals surface area (Å²) in [6.07, 6.45) is 0. The van der Waals surface area contributed by atoms with Crippen molar-refractivity contribution in [2.24, 2.45) is 0 Å². The highest BCUT2D eigenvalue weighted by atomic mass is 127. The number of rotatable bonds is 1. The van der Waals surface area contributed by atoms with Gasteiger partial charge < -0.3 is 5.11 Å². The van der Waals surface area contributed by atoms with Gasteiger partial charge in [-0.3, -0.25) is 0 Å². The second-order valence-corrected chi connectivity index (χ2v) is 6.69. The highest BCUT2D eigenvalue weighted by Crippen LogP contribution is 2.19. The van der Waals surface area contributed by atoms with Crippen LogP contribution in [0.5, 0.6) is 0 Å². The zero-order valence-corrected chi connectivity index (χ0v) is 16.4. The Morgan fingerprint density at radius 2 is 1.52 bits per heavy atom. The molecule has 0 bridgehead atoms. The van der Waals surface area contributed by atoms with Crippen LogP contribution in [0.1, 0.15) is 27.0 Å². The fourth-order valence-electron chi connectivity index (χ4n) is 1.54. The van der Waals surface area contributed by atoms with Crippen molar-refractivity contribution in [1.29, 1.82) is 5.26 Å². The number of halogens is 4. The van der Waals surface area contributed by atoms with Crippen LogP contribution >= 0.6 is 45.2 Å². The Bertz CT molecular complexity index is 802. The highest BCUT2D eigenvalue weighted by Gasteiger charge is 2.13. The summed E-state index contributed by atoms with van der Waals surface area (Å²) in [6, 6.07) is 7.88. The molecule has 1 N–H and O–H groups in total. The van der Waals surface area contributed by atoms with E-state index in [0.717, 1.165) is 11.1 Å². The molecule has 0 aliphatic rings. The predicted octanol–water partition coefficient (Wildman–Crippen LogP) is 5.05. The van der Waals surface area contributed by atoms with Crippen molar-refractivity contribution in [3.05, 3.63) is 65.3 Å². The van der Waals surface area contributed by atoms with Crippen LogP contribution in [0.25, 0.3) is 0 Å². The molecule has 2 aromatic carbocycles. The summed E-state index contributed by atoms with van der Waals surface area (Å²) < 4.78 is 27.1. The Hall–Kier alpha value is -1.28. The third-order valence-electron chi connectivity index (χ3n) is 2.90. The number of benzene rings is 2. The minimum atomic E-state index is -1.23. The molecule has 0 spiro atoms. The van der Waals surface area contributed by atoms with E-state index in [9.17, 15) is 13.6 Å². The summed E-state index contributed by atoms with van der Waals surface area (Å²) in [6.45, 7) is 3.54. The van der Waals surface area contributed by atoms with Gasteiger partial charge in [0.15, 0.2) is 11.6 Å². The van der Waals surface area contributed by atoms with Crippen LogP contribution in [0, 0.1) is 44.0 Å². The Labute approximate surface area is 159 Å². The van der Waals surface area contributed by atoms with Crippen molar-refractivity contribution in [1.82, 2.24) is 0 Å². The number of nitriles is 1. The summed E-state index contributed by atoms with van der Waals surface area (Å²) in [5.41, 5.74) is 1.45. The molecule has 7 heteroatoms. The molecule has 2 aromatic rings. The number of carboxylic acid groups (broad SMARTS) is 1. The molecule has 0 unspecified atom stereocenters. The highest BCUT2D eigenvalue weighted by molar-refractivity contribution is 14.1. The van der Waals surface area contributed by atoms with Crippen molar-refractivity contribution >= 4 is 51.2 Å². The van der Waals surface area contributed by atoms with Crippen LogP contribution in [-0.2, 0) is 0 Å². The normalized spacial score (nSPS) is 9.61. The molecule has 0 amide bonds. The van der Waals surface area contributed by atoms with E-state index in [1.165, 1.54) is 12.1 Å². The number of hydrogen-bond acceptors (Lipinski definition) is 2. The molecule has 3 nitrogen and oxygen atoms in total. The van der Waals surface area contributed by atoms with E-state index in [0.29, 0.717) is 7.14 Å². The molecule has 120 valence electrons. The summed E-state index contributed by atoms with van der Waals surface area (Å²) in [5, 5.41) is 17.0. The van der Waals surface area contributed by atoms with Crippen molar-refractivity contribution < 1.29 is 18.7 Å². The second-order valence-electron chi connectivity index (χ2n) is 4.53. The molecular formula is C16H11F2I2NO2. The van der Waals surface area contributed by atoms with Gasteiger partial charge in [0.2, 0.25) is 0 Å². The number of carboxylic acids is 1. The third kappa shape index (κ3) is 4.84. The van der Waals surface area contributed by atoms with Gasteiger partial charge in [0, 0.05) is 0 Å². The number of nitrogens with zero attached hydrogens (tertiary/aromatic N) is 1. The Kier molecular flexibility index (Phi) is 7.34. The maximum Gasteiger partial charge on any atom is 0.338 e. The van der Waals surface area contributed by atoms with Crippen molar-refractivity contribution in [2.45, 2.75) is 13.8 Å². The van der Waals surface area contributed by atoms with E-state index in [2.05, 4.69) is 0 Å². The number of carbonyl (C=O) groups is 1. The van der Waals surface area contributed by atoms with Crippen LogP contribution in [0.3, 0.4) is 0 Å². The molecule has 0 saturated carbocycles. The Morgan fingerprint density at radius 1 is 1.04 bits per heavy atom. The van der Waals surface area contributed by atoms with Gasteiger partial charge in [-0.2, -0.15) is 5.26 Å². The topological polar surface area (TPSA) is 61.1 Å². The van der Waals surface area contributed by atoms with Gasteiger partial charge in [-0.1, -0.05) is 12.1 Å². The Balaban J connectivity index is 0.000000231. The van der Waals surface area contributed by atoms with Gasteiger partial charge in [-0.05, 0) is 82.3 Å². The molecule has 0 heterocycles. The quantitative estimate of drug-likeness (QED) is 0.515. The average Bonchev–Trinajstić information content (AvgIpc) is 2.51. The van der Waals surface area contributed by atoms with Gasteiger partial charge >= 0.3 is 5.97 Å². The zero-order valence-electron chi connectivity index (χ0n) is 12.1. The van der Waals surface area contributed by atoms with Gasteiger partial charge in [0.05, 0.1) is 18.3 Å². The van der Waals surface area contributed by atoms with Crippen LogP contribution in [-0.4, -0.2) is 11.1 Å². The maximum absolute atomic E-state index is 13.1. The molecule has 0 aromatic heterocycles. The van der Waals surface area contributed by atoms with E-state index < -0.39 is 17.6 Å². The number of aryl methyl sites for hydroxylation is 2. The van der Waals surface area contributed by atoms with E-state index in [4.69, 9.17) is 10.4 Å². The first-order valence-electron chi connectivity index (χ1n) is 6.23. The lowest BCUT2D eigenvalue weighted by molar-refractivity contribution is 0.0691. The minimum Gasteiger partial charge on any atom is -0.478 e. The first-order chi connectivity index (χ1) is 10.7. The van der Waals surface area contributed by atoms with Gasteiger partial charge in [0.1, 0.15) is 6.07 Å². The summed E-state index contributed by atoms with van der Waals surface area (Å²) >= 11 is 3.68. The molecule has 0 aliphatic heterocycles. The van der Waals surface area contributed by atoms with E-state index in [-0.39, 0.29) is 11.1 Å². The molecule has 23 heavy (non-hydrogen) atoms. The number of aromatic carboxylic acids is 1. The van der Waals surface area contributed by atoms with Crippen LogP contribution in [0.4, 0.5) is 8.78 Å². The number of hydrogen-bond donors (Lipinski definition) is 1. The molecule has 2 rings (SSSR count). The zero-order chi connectivity index (χ0) is 17.7. The second kappa shape index (κ2) is 8.54. The van der Waals surface area contributed by atoms with E-state index in [1.807, 2.05) is 29.5 Å². The summed E-state index contributed by atoms with van der Waals surface area (Å²) in [7, 11) is 0. The maximum atomic E-state index is 13.1. The molecule has 0 fully saturated rings. The molecule has 0 radical (unpaired) electrons. The predicted molar refractivity (Wildman–Crippen MR) is 99.4 cm³/mol. The van der Waals surface area contributed by atoms with Gasteiger partial charge in [-0.15, -0.1) is 0 Å². The lowest BCUT2D eigenvalue weighted by Gasteiger charge is -2.02. The molecule has 0 atom stereocenters. The fraction of sp³-hybridized carbons (Fsp3) is 0.125. The smallest absolute Gasteiger partial charge is 0.338 e. The van der Waals surface area contributed by atoms with E-state index >= 15 is 0 Å². The van der Waals surface area contributed by atoms with Crippen molar-refractivity contribution in [3.8, 4) is 6.07 Å². The third-order valence-corrected chi connectivity index (χ3v) is 5.55. The van der Waals surface area contributed by atoms with Crippen LogP contribution in [0.2, 0.25) is 0 Å². The molecule has 0 saturated heterocycles. The SMILES string of the molecule is Cc1ccc(C#N)c(F)c1I.Cc1ccc(C(=O)O)c(F)c1I. The van der Waals surface area contributed by atoms with Crippen molar-refractivity contribution in [2.75, 3.05) is 0 Å². The fourth-order valence-corrected chi connectivity index (χ4v) is 2.48. The molecule has 0 aliphatic carbocycles. The van der Waals surface area contributed by atoms with Gasteiger partial charge in [0.25, 0.3) is 0 Å². The molecular weight excluding hydrogens is 530 g/mol. The van der Waals surface area contributed by atoms with Crippen LogP contribution in [0.15, 0.2) is 24.3 Å². The lowest BCUT2D eigenvalue weighted by atomic mass is 10.1. The van der Waals surface area contributed by atoms with E-state index in [1.54, 1.807) is 47.7 Å². The Morgan fingerprint density at radius 3 is 2.00 bits per heavy atom. The largest absolute Gasteiger partial charge is 0.478 e. The van der Waals surface area contributed by atoms with Crippen LogP contribution < -0.4 is 0 Å². The standard InChI is InChI=1S/C8H5FIN.C8H6FIO2/c1-5-2-3-6(4-11)7(9)8(5)10;1-4-2-3-5(8(11)12)6(9)7(4)10/h2-3H,1H3;2-3H,1H3,(H,11,12). The first kappa shape index (κ1) is 19.8.